The van der Waals surface area contributed by atoms with Gasteiger partial charge in [-0.3, -0.25) is 9.48 Å². The van der Waals surface area contributed by atoms with Gasteiger partial charge in [-0.25, -0.2) is 0 Å². The molecule has 1 aromatic heterocycles. The van der Waals surface area contributed by atoms with Crippen LogP contribution in [0.15, 0.2) is 30.6 Å². The molecule has 0 aliphatic carbocycles. The number of carbonyl (C=O) groups excluding carboxylic acids is 1. The van der Waals surface area contributed by atoms with E-state index >= 15 is 0 Å². The van der Waals surface area contributed by atoms with Gasteiger partial charge in [-0.05, 0) is 24.6 Å². The number of benzene rings is 1. The monoisotopic (exact) mass is 274 g/mol. The Morgan fingerprint density at radius 3 is 2.75 bits per heavy atom. The highest BCUT2D eigenvalue weighted by Crippen LogP contribution is 2.26. The minimum atomic E-state index is -0.122. The second-order valence-corrected chi connectivity index (χ2v) is 4.39. The van der Waals surface area contributed by atoms with Gasteiger partial charge in [-0.15, -0.1) is 0 Å². The predicted octanol–water partition coefficient (Wildman–Crippen LogP) is 2.54. The van der Waals surface area contributed by atoms with Crippen LogP contribution >= 0.6 is 0 Å². The van der Waals surface area contributed by atoms with Crippen molar-refractivity contribution in [3.05, 3.63) is 41.7 Å². The number of rotatable bonds is 6. The van der Waals surface area contributed by atoms with Gasteiger partial charge >= 0.3 is 0 Å². The standard InChI is InChI=1S/C15H18N2O3/c1-4-7-17-10-11(9-16-17)15(18)13-8-12(19-2)5-6-14(13)20-3/h5-6,8-10H,4,7H2,1-3H3. The number of aromatic nitrogens is 2. The van der Waals surface area contributed by atoms with Gasteiger partial charge in [-0.2, -0.15) is 5.10 Å². The quantitative estimate of drug-likeness (QED) is 0.760. The van der Waals surface area contributed by atoms with E-state index < -0.39 is 0 Å². The van der Waals surface area contributed by atoms with Gasteiger partial charge in [-0.1, -0.05) is 6.92 Å². The summed E-state index contributed by atoms with van der Waals surface area (Å²) < 4.78 is 12.2. The molecule has 0 radical (unpaired) electrons. The summed E-state index contributed by atoms with van der Waals surface area (Å²) in [4.78, 5) is 12.5. The van der Waals surface area contributed by atoms with Crippen molar-refractivity contribution in [1.29, 1.82) is 0 Å². The van der Waals surface area contributed by atoms with Gasteiger partial charge in [0.05, 0.1) is 31.5 Å². The molecule has 0 spiro atoms. The van der Waals surface area contributed by atoms with Crippen molar-refractivity contribution in [2.24, 2.45) is 0 Å². The third kappa shape index (κ3) is 2.82. The van der Waals surface area contributed by atoms with Crippen LogP contribution in [0.3, 0.4) is 0 Å². The molecule has 0 aliphatic heterocycles. The van der Waals surface area contributed by atoms with E-state index in [4.69, 9.17) is 9.47 Å². The van der Waals surface area contributed by atoms with Gasteiger partial charge in [0, 0.05) is 12.7 Å². The van der Waals surface area contributed by atoms with E-state index in [9.17, 15) is 4.79 Å². The Morgan fingerprint density at radius 1 is 1.30 bits per heavy atom. The third-order valence-corrected chi connectivity index (χ3v) is 3.00. The van der Waals surface area contributed by atoms with E-state index in [0.29, 0.717) is 22.6 Å². The largest absolute Gasteiger partial charge is 0.497 e. The molecule has 1 aromatic carbocycles. The molecule has 0 amide bonds. The SMILES string of the molecule is CCCn1cc(C(=O)c2cc(OC)ccc2OC)cn1. The van der Waals surface area contributed by atoms with Crippen LogP contribution in [0, 0.1) is 0 Å². The highest BCUT2D eigenvalue weighted by Gasteiger charge is 2.17. The van der Waals surface area contributed by atoms with Crippen molar-refractivity contribution in [2.75, 3.05) is 14.2 Å². The van der Waals surface area contributed by atoms with Crippen LogP contribution in [0.5, 0.6) is 11.5 Å². The van der Waals surface area contributed by atoms with E-state index in [0.717, 1.165) is 13.0 Å². The fourth-order valence-corrected chi connectivity index (χ4v) is 1.98. The Bertz CT molecular complexity index is 605. The summed E-state index contributed by atoms with van der Waals surface area (Å²) >= 11 is 0. The second-order valence-electron chi connectivity index (χ2n) is 4.39. The van der Waals surface area contributed by atoms with Crippen molar-refractivity contribution < 1.29 is 14.3 Å². The Kier molecular flexibility index (Phi) is 4.40. The van der Waals surface area contributed by atoms with Crippen LogP contribution in [0.2, 0.25) is 0 Å². The zero-order valence-corrected chi connectivity index (χ0v) is 11.9. The summed E-state index contributed by atoms with van der Waals surface area (Å²) in [6, 6.07) is 5.16. The number of nitrogens with zero attached hydrogens (tertiary/aromatic N) is 2. The molecule has 5 nitrogen and oxygen atoms in total. The molecule has 0 bridgehead atoms. The van der Waals surface area contributed by atoms with Crippen LogP contribution in [-0.2, 0) is 6.54 Å². The first-order valence-electron chi connectivity index (χ1n) is 6.48. The Hall–Kier alpha value is -2.30. The third-order valence-electron chi connectivity index (χ3n) is 3.00. The fraction of sp³-hybridized carbons (Fsp3) is 0.333. The molecule has 5 heteroatoms. The topological polar surface area (TPSA) is 53.4 Å². The lowest BCUT2D eigenvalue weighted by Gasteiger charge is -2.08. The molecule has 0 saturated heterocycles. The van der Waals surface area contributed by atoms with E-state index in [-0.39, 0.29) is 5.78 Å². The predicted molar refractivity (Wildman–Crippen MR) is 75.5 cm³/mol. The van der Waals surface area contributed by atoms with Crippen LogP contribution in [-0.4, -0.2) is 29.8 Å². The number of ether oxygens (including phenoxy) is 2. The van der Waals surface area contributed by atoms with Crippen molar-refractivity contribution in [3.8, 4) is 11.5 Å². The number of hydrogen-bond donors (Lipinski definition) is 0. The molecule has 0 unspecified atom stereocenters. The lowest BCUT2D eigenvalue weighted by molar-refractivity contribution is 0.103. The minimum Gasteiger partial charge on any atom is -0.497 e. The molecule has 106 valence electrons. The average Bonchev–Trinajstić information content (AvgIpc) is 2.94. The molecule has 2 rings (SSSR count). The molecular weight excluding hydrogens is 256 g/mol. The average molecular weight is 274 g/mol. The van der Waals surface area contributed by atoms with Crippen LogP contribution in [0.1, 0.15) is 29.3 Å². The Balaban J connectivity index is 2.35. The lowest BCUT2D eigenvalue weighted by Crippen LogP contribution is -2.04. The first-order chi connectivity index (χ1) is 9.69. The maximum absolute atomic E-state index is 12.5. The molecule has 0 saturated carbocycles. The first-order valence-corrected chi connectivity index (χ1v) is 6.48. The van der Waals surface area contributed by atoms with Crippen LogP contribution in [0.25, 0.3) is 0 Å². The summed E-state index contributed by atoms with van der Waals surface area (Å²) in [6.07, 6.45) is 4.31. The number of ketones is 1. The zero-order chi connectivity index (χ0) is 14.5. The lowest BCUT2D eigenvalue weighted by atomic mass is 10.0. The molecule has 1 heterocycles. The van der Waals surface area contributed by atoms with Gasteiger partial charge in [0.15, 0.2) is 5.78 Å². The van der Waals surface area contributed by atoms with Gasteiger partial charge in [0.2, 0.25) is 0 Å². The van der Waals surface area contributed by atoms with E-state index in [1.807, 2.05) is 0 Å². The summed E-state index contributed by atoms with van der Waals surface area (Å²) in [5, 5.41) is 4.17. The van der Waals surface area contributed by atoms with Gasteiger partial charge in [0.1, 0.15) is 11.5 Å². The van der Waals surface area contributed by atoms with Crippen molar-refractivity contribution in [1.82, 2.24) is 9.78 Å². The Labute approximate surface area is 118 Å². The summed E-state index contributed by atoms with van der Waals surface area (Å²) in [7, 11) is 3.11. The van der Waals surface area contributed by atoms with E-state index in [1.165, 1.54) is 0 Å². The number of hydrogen-bond acceptors (Lipinski definition) is 4. The van der Waals surface area contributed by atoms with Crippen molar-refractivity contribution in [3.63, 3.8) is 0 Å². The van der Waals surface area contributed by atoms with E-state index in [1.54, 1.807) is 49.5 Å². The summed E-state index contributed by atoms with van der Waals surface area (Å²) in [5.41, 5.74) is 1.02. The molecule has 0 fully saturated rings. The maximum atomic E-state index is 12.5. The number of methoxy groups -OCH3 is 2. The molecule has 0 aliphatic rings. The smallest absolute Gasteiger partial charge is 0.200 e. The van der Waals surface area contributed by atoms with Crippen molar-refractivity contribution >= 4 is 5.78 Å². The van der Waals surface area contributed by atoms with Gasteiger partial charge in [0.25, 0.3) is 0 Å². The normalized spacial score (nSPS) is 10.3. The Morgan fingerprint density at radius 2 is 2.10 bits per heavy atom. The zero-order valence-electron chi connectivity index (χ0n) is 11.9. The molecular formula is C15H18N2O3. The van der Waals surface area contributed by atoms with Crippen LogP contribution in [0.4, 0.5) is 0 Å². The maximum Gasteiger partial charge on any atom is 0.200 e. The second kappa shape index (κ2) is 6.23. The highest BCUT2D eigenvalue weighted by molar-refractivity contribution is 6.10. The molecule has 0 N–H and O–H groups in total. The minimum absolute atomic E-state index is 0.122. The number of aryl methyl sites for hydroxylation is 1. The summed E-state index contributed by atoms with van der Waals surface area (Å²) in [6.45, 7) is 2.86. The molecule has 20 heavy (non-hydrogen) atoms. The van der Waals surface area contributed by atoms with Crippen LogP contribution < -0.4 is 9.47 Å². The highest BCUT2D eigenvalue weighted by atomic mass is 16.5. The number of carbonyl (C=O) groups is 1. The van der Waals surface area contributed by atoms with E-state index in [2.05, 4.69) is 12.0 Å². The van der Waals surface area contributed by atoms with Crippen molar-refractivity contribution in [2.45, 2.75) is 19.9 Å². The fourth-order valence-electron chi connectivity index (χ4n) is 1.98. The summed E-state index contributed by atoms with van der Waals surface area (Å²) in [5.74, 6) is 1.03. The first kappa shape index (κ1) is 14.1. The molecule has 0 atom stereocenters. The molecule has 2 aromatic rings. The van der Waals surface area contributed by atoms with Gasteiger partial charge < -0.3 is 9.47 Å².